The average Bonchev–Trinajstić information content (AvgIpc) is 2.30. The Morgan fingerprint density at radius 3 is 2.17 bits per heavy atom. The smallest absolute Gasteiger partial charge is 0.131 e. The van der Waals surface area contributed by atoms with E-state index in [-0.39, 0.29) is 11.1 Å². The number of hydrogen-bond donors (Lipinski definition) is 1. The summed E-state index contributed by atoms with van der Waals surface area (Å²) >= 11 is 0. The lowest BCUT2D eigenvalue weighted by Crippen LogP contribution is -2.03. The maximum Gasteiger partial charge on any atom is 0.131 e. The van der Waals surface area contributed by atoms with Crippen LogP contribution in [0, 0.1) is 17.5 Å². The molecule has 0 radical (unpaired) electrons. The highest BCUT2D eigenvalue weighted by Gasteiger charge is 2.09. The first-order valence-electron chi connectivity index (χ1n) is 5.55. The Balaban J connectivity index is 2.51. The van der Waals surface area contributed by atoms with Crippen LogP contribution in [0.3, 0.4) is 0 Å². The first-order valence-corrected chi connectivity index (χ1v) is 5.55. The second-order valence-electron chi connectivity index (χ2n) is 4.01. The molecule has 0 heterocycles. The third kappa shape index (κ3) is 2.71. The molecular formula is C14H12F3N. The number of benzene rings is 2. The first-order chi connectivity index (χ1) is 8.60. The van der Waals surface area contributed by atoms with Gasteiger partial charge in [0.15, 0.2) is 0 Å². The van der Waals surface area contributed by atoms with Crippen LogP contribution in [0.1, 0.15) is 5.56 Å². The van der Waals surface area contributed by atoms with Crippen molar-refractivity contribution in [3.05, 3.63) is 59.4 Å². The summed E-state index contributed by atoms with van der Waals surface area (Å²) in [4.78, 5) is 0. The van der Waals surface area contributed by atoms with Crippen molar-refractivity contribution >= 4 is 0 Å². The molecule has 1 nitrogen and oxygen atoms in total. The van der Waals surface area contributed by atoms with Gasteiger partial charge in [-0.25, -0.2) is 13.2 Å². The van der Waals surface area contributed by atoms with Crippen LogP contribution in [0.15, 0.2) is 36.4 Å². The molecular weight excluding hydrogens is 239 g/mol. The van der Waals surface area contributed by atoms with Crippen molar-refractivity contribution in [3.8, 4) is 11.1 Å². The van der Waals surface area contributed by atoms with Gasteiger partial charge in [0.25, 0.3) is 0 Å². The molecule has 2 aromatic carbocycles. The standard InChI is InChI=1S/C14H12F3N/c15-11-6-10(7-12(16)8-11)13-5-9(3-4-18)1-2-14(13)17/h1-2,5-8H,3-4,18H2. The molecule has 0 aliphatic rings. The van der Waals surface area contributed by atoms with Gasteiger partial charge in [0, 0.05) is 11.6 Å². The van der Waals surface area contributed by atoms with Crippen LogP contribution in [0.25, 0.3) is 11.1 Å². The Bertz CT molecular complexity index is 547. The van der Waals surface area contributed by atoms with Gasteiger partial charge in [-0.15, -0.1) is 0 Å². The number of nitrogens with two attached hydrogens (primary N) is 1. The molecule has 0 unspecified atom stereocenters. The van der Waals surface area contributed by atoms with E-state index < -0.39 is 17.5 Å². The fraction of sp³-hybridized carbons (Fsp3) is 0.143. The van der Waals surface area contributed by atoms with E-state index in [9.17, 15) is 13.2 Å². The second kappa shape index (κ2) is 5.23. The SMILES string of the molecule is NCCc1ccc(F)c(-c2cc(F)cc(F)c2)c1. The molecule has 18 heavy (non-hydrogen) atoms. The van der Waals surface area contributed by atoms with E-state index in [0.29, 0.717) is 13.0 Å². The molecule has 0 amide bonds. The minimum Gasteiger partial charge on any atom is -0.330 e. The van der Waals surface area contributed by atoms with Crippen LogP contribution in [0.5, 0.6) is 0 Å². The minimum atomic E-state index is -0.728. The summed E-state index contributed by atoms with van der Waals surface area (Å²) in [7, 11) is 0. The fourth-order valence-corrected chi connectivity index (χ4v) is 1.83. The van der Waals surface area contributed by atoms with Crippen LogP contribution in [0.2, 0.25) is 0 Å². The monoisotopic (exact) mass is 251 g/mol. The van der Waals surface area contributed by atoms with Gasteiger partial charge in [0.2, 0.25) is 0 Å². The maximum atomic E-state index is 13.7. The van der Waals surface area contributed by atoms with Crippen molar-refractivity contribution in [2.75, 3.05) is 6.54 Å². The highest BCUT2D eigenvalue weighted by Crippen LogP contribution is 2.25. The summed E-state index contributed by atoms with van der Waals surface area (Å²) in [6.45, 7) is 0.433. The molecule has 2 aromatic rings. The molecule has 94 valence electrons. The Morgan fingerprint density at radius 1 is 0.889 bits per heavy atom. The first kappa shape index (κ1) is 12.6. The summed E-state index contributed by atoms with van der Waals surface area (Å²) in [5.74, 6) is -1.97. The predicted molar refractivity (Wildman–Crippen MR) is 64.5 cm³/mol. The largest absolute Gasteiger partial charge is 0.330 e. The van der Waals surface area contributed by atoms with Gasteiger partial charge in [-0.2, -0.15) is 0 Å². The second-order valence-corrected chi connectivity index (χ2v) is 4.01. The summed E-state index contributed by atoms with van der Waals surface area (Å²) < 4.78 is 39.9. The Morgan fingerprint density at radius 2 is 1.56 bits per heavy atom. The molecule has 0 atom stereocenters. The number of hydrogen-bond acceptors (Lipinski definition) is 1. The highest BCUT2D eigenvalue weighted by atomic mass is 19.1. The van der Waals surface area contributed by atoms with Crippen LogP contribution in [-0.4, -0.2) is 6.54 Å². The molecule has 0 aromatic heterocycles. The van der Waals surface area contributed by atoms with Crippen molar-refractivity contribution in [2.45, 2.75) is 6.42 Å². The Labute approximate surface area is 103 Å². The molecule has 0 aliphatic carbocycles. The topological polar surface area (TPSA) is 26.0 Å². The van der Waals surface area contributed by atoms with Gasteiger partial charge in [0.05, 0.1) is 0 Å². The van der Waals surface area contributed by atoms with Crippen LogP contribution in [0.4, 0.5) is 13.2 Å². The molecule has 0 saturated carbocycles. The quantitative estimate of drug-likeness (QED) is 0.890. The van der Waals surface area contributed by atoms with Gasteiger partial charge in [-0.05, 0) is 48.4 Å². The van der Waals surface area contributed by atoms with Gasteiger partial charge < -0.3 is 5.73 Å². The van der Waals surface area contributed by atoms with Crippen LogP contribution in [-0.2, 0) is 6.42 Å². The summed E-state index contributed by atoms with van der Waals surface area (Å²) in [5.41, 5.74) is 6.62. The molecule has 0 spiro atoms. The molecule has 2 rings (SSSR count). The van der Waals surface area contributed by atoms with Crippen molar-refractivity contribution in [1.82, 2.24) is 0 Å². The fourth-order valence-electron chi connectivity index (χ4n) is 1.83. The van der Waals surface area contributed by atoms with Crippen LogP contribution < -0.4 is 5.73 Å². The third-order valence-electron chi connectivity index (χ3n) is 2.64. The van der Waals surface area contributed by atoms with E-state index in [0.717, 1.165) is 23.8 Å². The number of rotatable bonds is 3. The lowest BCUT2D eigenvalue weighted by atomic mass is 10.0. The molecule has 0 bridgehead atoms. The van der Waals surface area contributed by atoms with Crippen LogP contribution >= 0.6 is 0 Å². The van der Waals surface area contributed by atoms with E-state index in [4.69, 9.17) is 5.73 Å². The highest BCUT2D eigenvalue weighted by molar-refractivity contribution is 5.65. The van der Waals surface area contributed by atoms with Crippen molar-refractivity contribution < 1.29 is 13.2 Å². The Hall–Kier alpha value is -1.81. The molecule has 0 saturated heterocycles. The van der Waals surface area contributed by atoms with Crippen molar-refractivity contribution in [2.24, 2.45) is 5.73 Å². The van der Waals surface area contributed by atoms with Crippen molar-refractivity contribution in [1.29, 1.82) is 0 Å². The van der Waals surface area contributed by atoms with Gasteiger partial charge in [0.1, 0.15) is 17.5 Å². The third-order valence-corrected chi connectivity index (χ3v) is 2.64. The van der Waals surface area contributed by atoms with Crippen molar-refractivity contribution in [3.63, 3.8) is 0 Å². The molecule has 0 aliphatic heterocycles. The lowest BCUT2D eigenvalue weighted by molar-refractivity contribution is 0.583. The minimum absolute atomic E-state index is 0.180. The molecule has 2 N–H and O–H groups in total. The van der Waals surface area contributed by atoms with Gasteiger partial charge in [-0.1, -0.05) is 6.07 Å². The lowest BCUT2D eigenvalue weighted by Gasteiger charge is -2.07. The maximum absolute atomic E-state index is 13.7. The molecule has 4 heteroatoms. The van der Waals surface area contributed by atoms with Gasteiger partial charge in [-0.3, -0.25) is 0 Å². The van der Waals surface area contributed by atoms with Gasteiger partial charge >= 0.3 is 0 Å². The number of halogens is 3. The van der Waals surface area contributed by atoms with E-state index in [1.165, 1.54) is 6.07 Å². The average molecular weight is 251 g/mol. The van der Waals surface area contributed by atoms with E-state index in [1.54, 1.807) is 12.1 Å². The zero-order valence-corrected chi connectivity index (χ0v) is 9.59. The van der Waals surface area contributed by atoms with E-state index in [1.807, 2.05) is 0 Å². The zero-order valence-electron chi connectivity index (χ0n) is 9.59. The summed E-state index contributed by atoms with van der Waals surface area (Å²) in [6.07, 6.45) is 0.588. The molecule has 0 fully saturated rings. The summed E-state index contributed by atoms with van der Waals surface area (Å²) in [5, 5.41) is 0. The summed E-state index contributed by atoms with van der Waals surface area (Å²) in [6, 6.07) is 7.42. The van der Waals surface area contributed by atoms with E-state index >= 15 is 0 Å². The zero-order chi connectivity index (χ0) is 13.1. The Kier molecular flexibility index (Phi) is 3.67. The van der Waals surface area contributed by atoms with E-state index in [2.05, 4.69) is 0 Å². The predicted octanol–water partition coefficient (Wildman–Crippen LogP) is 3.27. The normalized spacial score (nSPS) is 10.7.